The second-order valence-corrected chi connectivity index (χ2v) is 7.66. The second kappa shape index (κ2) is 9.20. The summed E-state index contributed by atoms with van der Waals surface area (Å²) in [6.45, 7) is 6.86. The molecule has 1 aliphatic heterocycles. The Morgan fingerprint density at radius 2 is 2.03 bits per heavy atom. The second-order valence-electron chi connectivity index (χ2n) is 7.66. The van der Waals surface area contributed by atoms with Gasteiger partial charge in [-0.25, -0.2) is 4.98 Å². The van der Waals surface area contributed by atoms with Crippen LogP contribution in [-0.2, 0) is 11.2 Å². The summed E-state index contributed by atoms with van der Waals surface area (Å²) in [5.74, 6) is 7.38. The number of methoxy groups -OCH3 is 2. The largest absolute Gasteiger partial charge is 0.481 e. The number of rotatable bonds is 5. The summed E-state index contributed by atoms with van der Waals surface area (Å²) in [7, 11) is 3.07. The van der Waals surface area contributed by atoms with E-state index in [1.807, 2.05) is 4.68 Å². The minimum absolute atomic E-state index is 0.0140. The van der Waals surface area contributed by atoms with Crippen molar-refractivity contribution in [2.75, 3.05) is 33.0 Å². The van der Waals surface area contributed by atoms with Crippen LogP contribution in [0, 0.1) is 11.8 Å². The van der Waals surface area contributed by atoms with Gasteiger partial charge in [0.1, 0.15) is 11.5 Å². The molecule has 3 aromatic rings. The first kappa shape index (κ1) is 22.1. The number of aromatic nitrogens is 4. The molecule has 0 spiro atoms. The van der Waals surface area contributed by atoms with E-state index in [9.17, 15) is 4.79 Å². The fraction of sp³-hybridized carbons (Fsp3) is 0.333. The number of aryl methyl sites for hydroxylation is 1. The zero-order chi connectivity index (χ0) is 23.5. The fourth-order valence-electron chi connectivity index (χ4n) is 4.03. The molecule has 1 atom stereocenters. The van der Waals surface area contributed by atoms with E-state index in [1.165, 1.54) is 20.3 Å². The average Bonchev–Trinajstić information content (AvgIpc) is 3.48. The lowest BCUT2D eigenvalue weighted by Gasteiger charge is -2.16. The Morgan fingerprint density at radius 3 is 2.67 bits per heavy atom. The lowest BCUT2D eigenvalue weighted by Crippen LogP contribution is -2.27. The van der Waals surface area contributed by atoms with E-state index in [2.05, 4.69) is 35.3 Å². The van der Waals surface area contributed by atoms with Crippen LogP contribution in [0.5, 0.6) is 11.8 Å². The molecule has 33 heavy (non-hydrogen) atoms. The van der Waals surface area contributed by atoms with Gasteiger partial charge in [0.05, 0.1) is 31.2 Å². The zero-order valence-corrected chi connectivity index (χ0v) is 19.0. The van der Waals surface area contributed by atoms with Crippen LogP contribution in [0.1, 0.15) is 36.2 Å². The van der Waals surface area contributed by atoms with Gasteiger partial charge in [-0.15, -0.1) is 0 Å². The van der Waals surface area contributed by atoms with Gasteiger partial charge < -0.3 is 20.1 Å². The molecule has 170 valence electrons. The van der Waals surface area contributed by atoms with Crippen LogP contribution in [-0.4, -0.2) is 57.9 Å². The molecule has 1 saturated heterocycles. The molecule has 9 nitrogen and oxygen atoms in total. The van der Waals surface area contributed by atoms with Crippen LogP contribution in [0.2, 0.25) is 0 Å². The maximum Gasteiger partial charge on any atom is 0.246 e. The van der Waals surface area contributed by atoms with E-state index < -0.39 is 0 Å². The van der Waals surface area contributed by atoms with Gasteiger partial charge in [-0.3, -0.25) is 9.48 Å². The highest BCUT2D eigenvalue weighted by molar-refractivity contribution is 5.95. The Hall–Kier alpha value is -4.06. The Morgan fingerprint density at radius 1 is 1.30 bits per heavy atom. The van der Waals surface area contributed by atoms with Crippen LogP contribution in [0.4, 0.5) is 5.82 Å². The topological polar surface area (TPSA) is 108 Å². The number of ether oxygens (including phenoxy) is 2. The first-order valence-corrected chi connectivity index (χ1v) is 10.7. The number of nitrogen functional groups attached to an aromatic ring is 1. The van der Waals surface area contributed by atoms with E-state index in [0.717, 1.165) is 29.3 Å². The zero-order valence-electron chi connectivity index (χ0n) is 19.0. The van der Waals surface area contributed by atoms with E-state index in [4.69, 9.17) is 20.3 Å². The van der Waals surface area contributed by atoms with Gasteiger partial charge in [0.2, 0.25) is 17.7 Å². The van der Waals surface area contributed by atoms with Crippen molar-refractivity contribution >= 4 is 22.6 Å². The predicted octanol–water partition coefficient (Wildman–Crippen LogP) is 2.35. The molecule has 4 heterocycles. The number of fused-ring (bicyclic) bond motifs is 1. The van der Waals surface area contributed by atoms with Crippen molar-refractivity contribution in [2.45, 2.75) is 25.8 Å². The summed E-state index contributed by atoms with van der Waals surface area (Å²) in [5.41, 5.74) is 9.44. The van der Waals surface area contributed by atoms with Gasteiger partial charge in [-0.05, 0) is 30.4 Å². The molecular weight excluding hydrogens is 420 g/mol. The van der Waals surface area contributed by atoms with E-state index in [0.29, 0.717) is 41.9 Å². The molecule has 4 rings (SSSR count). The van der Waals surface area contributed by atoms with Gasteiger partial charge >= 0.3 is 0 Å². The molecule has 0 bridgehead atoms. The van der Waals surface area contributed by atoms with Crippen molar-refractivity contribution in [2.24, 2.45) is 0 Å². The third-order valence-corrected chi connectivity index (χ3v) is 5.73. The molecule has 1 unspecified atom stereocenters. The highest BCUT2D eigenvalue weighted by Gasteiger charge is 2.29. The number of nitrogens with zero attached hydrogens (tertiary/aromatic N) is 5. The number of amides is 1. The molecule has 1 aliphatic rings. The van der Waals surface area contributed by atoms with Crippen LogP contribution in [0.3, 0.4) is 0 Å². The Kier molecular flexibility index (Phi) is 6.18. The number of pyridine rings is 2. The van der Waals surface area contributed by atoms with Crippen LogP contribution < -0.4 is 15.2 Å². The smallest absolute Gasteiger partial charge is 0.246 e. The molecule has 0 aliphatic carbocycles. The summed E-state index contributed by atoms with van der Waals surface area (Å²) in [5, 5.41) is 5.57. The van der Waals surface area contributed by atoms with E-state index in [1.54, 1.807) is 23.2 Å². The summed E-state index contributed by atoms with van der Waals surface area (Å²) in [4.78, 5) is 22.5. The van der Waals surface area contributed by atoms with Crippen molar-refractivity contribution < 1.29 is 14.3 Å². The number of likely N-dealkylation sites (tertiary alicyclic amines) is 1. The van der Waals surface area contributed by atoms with Crippen LogP contribution in [0.25, 0.3) is 10.9 Å². The van der Waals surface area contributed by atoms with Gasteiger partial charge in [-0.1, -0.05) is 19.4 Å². The first-order chi connectivity index (χ1) is 16.0. The Balaban J connectivity index is 1.82. The molecule has 3 aromatic heterocycles. The van der Waals surface area contributed by atoms with Crippen molar-refractivity contribution in [3.63, 3.8) is 0 Å². The van der Waals surface area contributed by atoms with Gasteiger partial charge in [0, 0.05) is 37.0 Å². The molecule has 1 fully saturated rings. The molecule has 1 amide bonds. The number of anilines is 1. The molecule has 0 aromatic carbocycles. The van der Waals surface area contributed by atoms with Crippen molar-refractivity contribution in [3.8, 4) is 23.6 Å². The maximum atomic E-state index is 12.1. The van der Waals surface area contributed by atoms with Crippen molar-refractivity contribution in [1.82, 2.24) is 24.6 Å². The third-order valence-electron chi connectivity index (χ3n) is 5.73. The fourth-order valence-corrected chi connectivity index (χ4v) is 4.03. The SMILES string of the molecule is C=CC(=O)N1CCC(n2nc(C#Cc3cc(OC)nc(OC)c3)c3c(N)ncc(CC)c32)C1. The van der Waals surface area contributed by atoms with Crippen molar-refractivity contribution in [3.05, 3.63) is 47.8 Å². The van der Waals surface area contributed by atoms with Crippen LogP contribution in [0.15, 0.2) is 31.0 Å². The number of carbonyl (C=O) groups is 1. The predicted molar refractivity (Wildman–Crippen MR) is 125 cm³/mol. The quantitative estimate of drug-likeness (QED) is 0.473. The molecular formula is C24H26N6O3. The first-order valence-electron chi connectivity index (χ1n) is 10.7. The van der Waals surface area contributed by atoms with Gasteiger partial charge in [0.15, 0.2) is 0 Å². The van der Waals surface area contributed by atoms with Gasteiger partial charge in [-0.2, -0.15) is 10.1 Å². The lowest BCUT2D eigenvalue weighted by molar-refractivity contribution is -0.125. The van der Waals surface area contributed by atoms with E-state index >= 15 is 0 Å². The van der Waals surface area contributed by atoms with E-state index in [-0.39, 0.29) is 11.9 Å². The number of hydrogen-bond donors (Lipinski definition) is 1. The number of nitrogens with two attached hydrogens (primary N) is 1. The van der Waals surface area contributed by atoms with Crippen molar-refractivity contribution in [1.29, 1.82) is 0 Å². The minimum Gasteiger partial charge on any atom is -0.481 e. The standard InChI is InChI=1S/C24H26N6O3/c1-5-16-13-26-24(25)22-18(8-7-15-11-19(32-3)27-20(12-15)33-4)28-30(23(16)22)17-9-10-29(14-17)21(31)6-2/h6,11-13,17H,2,5,9-10,14H2,1,3-4H3,(H2,25,26). The average molecular weight is 447 g/mol. The Labute approximate surface area is 192 Å². The normalized spacial score (nSPS) is 15.2. The highest BCUT2D eigenvalue weighted by atomic mass is 16.5. The summed E-state index contributed by atoms with van der Waals surface area (Å²) < 4.78 is 12.4. The maximum absolute atomic E-state index is 12.1. The molecule has 0 saturated carbocycles. The molecule has 9 heteroatoms. The summed E-state index contributed by atoms with van der Waals surface area (Å²) >= 11 is 0. The summed E-state index contributed by atoms with van der Waals surface area (Å²) in [6, 6.07) is 3.47. The molecule has 0 radical (unpaired) electrons. The van der Waals surface area contributed by atoms with Gasteiger partial charge in [0.25, 0.3) is 0 Å². The van der Waals surface area contributed by atoms with Crippen LogP contribution >= 0.6 is 0 Å². The Bertz CT molecular complexity index is 1260. The lowest BCUT2D eigenvalue weighted by atomic mass is 10.1. The third kappa shape index (κ3) is 4.20. The number of hydrogen-bond acceptors (Lipinski definition) is 7. The summed E-state index contributed by atoms with van der Waals surface area (Å²) in [6.07, 6.45) is 4.68. The molecule has 2 N–H and O–H groups in total. The monoisotopic (exact) mass is 446 g/mol. The highest BCUT2D eigenvalue weighted by Crippen LogP contribution is 2.32. The number of carbonyl (C=O) groups excluding carboxylic acids is 1. The minimum atomic E-state index is -0.0774.